The standard InChI is InChI=1S/C11H16N2OS/c14-15(9-11-7-13-8-11)6-3-10-1-4-12-5-2-10/h1-2,4-5,11,13H,3,6-9H2. The highest BCUT2D eigenvalue weighted by molar-refractivity contribution is 7.84. The van der Waals surface area contributed by atoms with Crippen molar-refractivity contribution in [1.29, 1.82) is 0 Å². The summed E-state index contributed by atoms with van der Waals surface area (Å²) in [5.41, 5.74) is 1.23. The monoisotopic (exact) mass is 224 g/mol. The number of nitrogens with zero attached hydrogens (tertiary/aromatic N) is 1. The van der Waals surface area contributed by atoms with Gasteiger partial charge in [0.25, 0.3) is 0 Å². The molecule has 1 aromatic heterocycles. The molecule has 1 saturated heterocycles. The van der Waals surface area contributed by atoms with E-state index in [2.05, 4.69) is 10.3 Å². The molecule has 15 heavy (non-hydrogen) atoms. The van der Waals surface area contributed by atoms with E-state index in [9.17, 15) is 4.21 Å². The first-order chi connectivity index (χ1) is 7.34. The molecule has 2 rings (SSSR count). The van der Waals surface area contributed by atoms with Crippen LogP contribution in [0.4, 0.5) is 0 Å². The van der Waals surface area contributed by atoms with Crippen LogP contribution in [0.3, 0.4) is 0 Å². The third kappa shape index (κ3) is 3.39. The number of rotatable bonds is 5. The van der Waals surface area contributed by atoms with Gasteiger partial charge in [-0.25, -0.2) is 0 Å². The average Bonchev–Trinajstić information content (AvgIpc) is 2.22. The fourth-order valence-corrected chi connectivity index (χ4v) is 2.99. The zero-order valence-electron chi connectivity index (χ0n) is 8.69. The van der Waals surface area contributed by atoms with Gasteiger partial charge in [0.2, 0.25) is 0 Å². The molecule has 1 aliphatic heterocycles. The quantitative estimate of drug-likeness (QED) is 0.796. The molecule has 1 N–H and O–H groups in total. The van der Waals surface area contributed by atoms with Gasteiger partial charge in [-0.15, -0.1) is 0 Å². The fourth-order valence-electron chi connectivity index (χ4n) is 1.59. The lowest BCUT2D eigenvalue weighted by atomic mass is 10.1. The Hall–Kier alpha value is -0.740. The van der Waals surface area contributed by atoms with Crippen LogP contribution in [0.1, 0.15) is 5.56 Å². The highest BCUT2D eigenvalue weighted by Crippen LogP contribution is 2.06. The summed E-state index contributed by atoms with van der Waals surface area (Å²) in [5.74, 6) is 2.28. The second kappa shape index (κ2) is 5.37. The minimum atomic E-state index is -0.660. The minimum absolute atomic E-state index is 0.642. The molecule has 2 heterocycles. The molecular weight excluding hydrogens is 208 g/mol. The van der Waals surface area contributed by atoms with Crippen LogP contribution in [-0.2, 0) is 17.2 Å². The Bertz CT molecular complexity index is 325. The third-order valence-corrected chi connectivity index (χ3v) is 4.16. The highest BCUT2D eigenvalue weighted by atomic mass is 32.2. The Balaban J connectivity index is 1.71. The van der Waals surface area contributed by atoms with E-state index in [1.54, 1.807) is 12.4 Å². The van der Waals surface area contributed by atoms with E-state index in [4.69, 9.17) is 0 Å². The van der Waals surface area contributed by atoms with Gasteiger partial charge in [-0.2, -0.15) is 0 Å². The van der Waals surface area contributed by atoms with Crippen LogP contribution >= 0.6 is 0 Å². The number of pyridine rings is 1. The first-order valence-electron chi connectivity index (χ1n) is 5.29. The number of aryl methyl sites for hydroxylation is 1. The molecule has 0 aliphatic carbocycles. The summed E-state index contributed by atoms with van der Waals surface area (Å²) in [6, 6.07) is 3.98. The summed E-state index contributed by atoms with van der Waals surface area (Å²) in [7, 11) is -0.660. The van der Waals surface area contributed by atoms with E-state index >= 15 is 0 Å². The molecule has 82 valence electrons. The van der Waals surface area contributed by atoms with Gasteiger partial charge < -0.3 is 5.32 Å². The molecule has 1 fully saturated rings. The molecule has 0 bridgehead atoms. The first-order valence-corrected chi connectivity index (χ1v) is 6.78. The molecule has 0 spiro atoms. The molecule has 1 unspecified atom stereocenters. The lowest BCUT2D eigenvalue weighted by Crippen LogP contribution is -2.45. The Morgan fingerprint density at radius 3 is 2.73 bits per heavy atom. The van der Waals surface area contributed by atoms with Crippen molar-refractivity contribution >= 4 is 10.8 Å². The summed E-state index contributed by atoms with van der Waals surface area (Å²) in [5, 5.41) is 3.20. The summed E-state index contributed by atoms with van der Waals surface area (Å²) >= 11 is 0. The van der Waals surface area contributed by atoms with Crippen LogP contribution in [0.2, 0.25) is 0 Å². The molecular formula is C11H16N2OS. The number of nitrogens with one attached hydrogen (secondary N) is 1. The molecule has 0 aromatic carbocycles. The van der Waals surface area contributed by atoms with Crippen molar-refractivity contribution in [1.82, 2.24) is 10.3 Å². The lowest BCUT2D eigenvalue weighted by molar-refractivity contribution is 0.382. The second-order valence-electron chi connectivity index (χ2n) is 3.94. The van der Waals surface area contributed by atoms with Crippen LogP contribution in [0.5, 0.6) is 0 Å². The van der Waals surface area contributed by atoms with Crippen LogP contribution in [0.15, 0.2) is 24.5 Å². The molecule has 1 atom stereocenters. The molecule has 4 heteroatoms. The number of hydrogen-bond acceptors (Lipinski definition) is 3. The Labute approximate surface area is 92.8 Å². The predicted octanol–water partition coefficient (Wildman–Crippen LogP) is 0.592. The smallest absolute Gasteiger partial charge is 0.0287 e. The maximum Gasteiger partial charge on any atom is 0.0287 e. The topological polar surface area (TPSA) is 42.0 Å². The first kappa shape index (κ1) is 10.8. The maximum absolute atomic E-state index is 11.7. The summed E-state index contributed by atoms with van der Waals surface area (Å²) in [4.78, 5) is 3.96. The van der Waals surface area contributed by atoms with Crippen molar-refractivity contribution in [2.24, 2.45) is 5.92 Å². The van der Waals surface area contributed by atoms with E-state index in [1.807, 2.05) is 12.1 Å². The summed E-state index contributed by atoms with van der Waals surface area (Å²) in [6.07, 6.45) is 4.47. The Morgan fingerprint density at radius 2 is 2.13 bits per heavy atom. The largest absolute Gasteiger partial charge is 0.316 e. The van der Waals surface area contributed by atoms with Gasteiger partial charge in [0.15, 0.2) is 0 Å². The molecule has 0 radical (unpaired) electrons. The van der Waals surface area contributed by atoms with Crippen molar-refractivity contribution < 1.29 is 4.21 Å². The van der Waals surface area contributed by atoms with E-state index in [0.29, 0.717) is 5.92 Å². The van der Waals surface area contributed by atoms with E-state index in [1.165, 1.54) is 5.56 Å². The van der Waals surface area contributed by atoms with Crippen molar-refractivity contribution in [2.45, 2.75) is 6.42 Å². The lowest BCUT2D eigenvalue weighted by Gasteiger charge is -2.26. The van der Waals surface area contributed by atoms with Crippen LogP contribution in [0, 0.1) is 5.92 Å². The van der Waals surface area contributed by atoms with Gasteiger partial charge in [0.05, 0.1) is 0 Å². The van der Waals surface area contributed by atoms with Gasteiger partial charge in [-0.05, 0) is 30.0 Å². The normalized spacial score (nSPS) is 18.4. The SMILES string of the molecule is O=S(CCc1ccncc1)CC1CNC1. The molecule has 1 aromatic rings. The van der Waals surface area contributed by atoms with E-state index in [-0.39, 0.29) is 0 Å². The molecule has 1 aliphatic rings. The Morgan fingerprint density at radius 1 is 1.40 bits per heavy atom. The highest BCUT2D eigenvalue weighted by Gasteiger charge is 2.18. The number of aromatic nitrogens is 1. The summed E-state index contributed by atoms with van der Waals surface area (Å²) < 4.78 is 11.7. The van der Waals surface area contributed by atoms with Gasteiger partial charge in [0, 0.05) is 47.8 Å². The van der Waals surface area contributed by atoms with E-state index in [0.717, 1.165) is 31.0 Å². The van der Waals surface area contributed by atoms with Crippen molar-refractivity contribution in [3.05, 3.63) is 30.1 Å². The molecule has 0 saturated carbocycles. The minimum Gasteiger partial charge on any atom is -0.316 e. The van der Waals surface area contributed by atoms with Crippen LogP contribution in [-0.4, -0.2) is 33.8 Å². The van der Waals surface area contributed by atoms with Gasteiger partial charge in [0.1, 0.15) is 0 Å². The molecule has 3 nitrogen and oxygen atoms in total. The predicted molar refractivity (Wildman–Crippen MR) is 62.2 cm³/mol. The van der Waals surface area contributed by atoms with Crippen molar-refractivity contribution in [3.8, 4) is 0 Å². The average molecular weight is 224 g/mol. The Kier molecular flexibility index (Phi) is 3.86. The summed E-state index contributed by atoms with van der Waals surface area (Å²) in [6.45, 7) is 2.09. The number of hydrogen-bond donors (Lipinski definition) is 1. The van der Waals surface area contributed by atoms with Crippen molar-refractivity contribution in [3.63, 3.8) is 0 Å². The maximum atomic E-state index is 11.7. The van der Waals surface area contributed by atoms with Crippen LogP contribution in [0.25, 0.3) is 0 Å². The third-order valence-electron chi connectivity index (χ3n) is 2.66. The molecule has 0 amide bonds. The fraction of sp³-hybridized carbons (Fsp3) is 0.545. The van der Waals surface area contributed by atoms with Crippen molar-refractivity contribution in [2.75, 3.05) is 24.6 Å². The zero-order chi connectivity index (χ0) is 10.5. The van der Waals surface area contributed by atoms with Crippen LogP contribution < -0.4 is 5.32 Å². The van der Waals surface area contributed by atoms with Gasteiger partial charge >= 0.3 is 0 Å². The van der Waals surface area contributed by atoms with E-state index < -0.39 is 10.8 Å². The second-order valence-corrected chi connectivity index (χ2v) is 5.56. The van der Waals surface area contributed by atoms with Gasteiger partial charge in [-0.3, -0.25) is 9.19 Å². The van der Waals surface area contributed by atoms with Gasteiger partial charge in [-0.1, -0.05) is 0 Å². The zero-order valence-corrected chi connectivity index (χ0v) is 9.50.